The zero-order valence-corrected chi connectivity index (χ0v) is 12.1. The fraction of sp³-hybridized carbons (Fsp3) is 0.769. The molecule has 102 valence electrons. The van der Waals surface area contributed by atoms with E-state index in [1.807, 2.05) is 13.1 Å². The number of nitrogens with zero attached hydrogens (tertiary/aromatic N) is 1. The quantitative estimate of drug-likeness (QED) is 0.788. The molecule has 1 aromatic rings. The minimum atomic E-state index is 0.514. The van der Waals surface area contributed by atoms with Gasteiger partial charge in [0.2, 0.25) is 0 Å². The Bertz CT molecular complexity index is 356. The maximum absolute atomic E-state index is 5.56. The maximum atomic E-state index is 5.56. The van der Waals surface area contributed by atoms with Gasteiger partial charge in [-0.15, -0.1) is 11.3 Å². The number of hydrogen-bond acceptors (Lipinski definition) is 5. The first-order valence-corrected chi connectivity index (χ1v) is 7.54. The summed E-state index contributed by atoms with van der Waals surface area (Å²) in [6.07, 6.45) is 3.14. The van der Waals surface area contributed by atoms with Crippen molar-refractivity contribution in [3.05, 3.63) is 16.1 Å². The summed E-state index contributed by atoms with van der Waals surface area (Å²) in [4.78, 5) is 5.57. The van der Waals surface area contributed by atoms with Crippen molar-refractivity contribution >= 4 is 11.3 Å². The molecule has 0 spiro atoms. The molecule has 0 radical (unpaired) electrons. The van der Waals surface area contributed by atoms with Gasteiger partial charge < -0.3 is 15.4 Å². The van der Waals surface area contributed by atoms with E-state index in [1.165, 1.54) is 11.3 Å². The van der Waals surface area contributed by atoms with Gasteiger partial charge in [0.1, 0.15) is 0 Å². The molecular weight excluding hydrogens is 246 g/mol. The molecule has 0 saturated carbocycles. The minimum absolute atomic E-state index is 0.514. The third kappa shape index (κ3) is 4.02. The van der Waals surface area contributed by atoms with E-state index in [0.29, 0.717) is 12.0 Å². The number of nitrogens with one attached hydrogen (secondary N) is 2. The first-order chi connectivity index (χ1) is 8.79. The minimum Gasteiger partial charge on any atom is -0.379 e. The molecule has 0 aliphatic carbocycles. The maximum Gasteiger partial charge on any atom is 0.0897 e. The van der Waals surface area contributed by atoms with Crippen LogP contribution in [0.4, 0.5) is 0 Å². The molecule has 0 bridgehead atoms. The lowest BCUT2D eigenvalue weighted by Gasteiger charge is -2.19. The van der Waals surface area contributed by atoms with Crippen LogP contribution in [0.2, 0.25) is 0 Å². The van der Waals surface area contributed by atoms with Crippen LogP contribution >= 0.6 is 11.3 Å². The zero-order chi connectivity index (χ0) is 12.8. The van der Waals surface area contributed by atoms with Gasteiger partial charge in [0.15, 0.2) is 0 Å². The van der Waals surface area contributed by atoms with Crippen molar-refractivity contribution in [3.63, 3.8) is 0 Å². The predicted molar refractivity (Wildman–Crippen MR) is 74.9 cm³/mol. The van der Waals surface area contributed by atoms with E-state index < -0.39 is 0 Å². The molecule has 1 fully saturated rings. The van der Waals surface area contributed by atoms with Gasteiger partial charge in [-0.25, -0.2) is 4.98 Å². The largest absolute Gasteiger partial charge is 0.379 e. The number of thiazole rings is 1. The Balaban J connectivity index is 1.69. The Morgan fingerprint density at radius 3 is 3.11 bits per heavy atom. The number of ether oxygens (including phenoxy) is 1. The van der Waals surface area contributed by atoms with E-state index in [-0.39, 0.29) is 0 Å². The average Bonchev–Trinajstić information content (AvgIpc) is 2.96. The second-order valence-corrected chi connectivity index (χ2v) is 6.15. The number of aromatic nitrogens is 1. The lowest BCUT2D eigenvalue weighted by molar-refractivity contribution is 0.182. The van der Waals surface area contributed by atoms with Crippen LogP contribution in [0.3, 0.4) is 0 Å². The molecule has 4 nitrogen and oxygen atoms in total. The molecule has 5 heteroatoms. The van der Waals surface area contributed by atoms with Gasteiger partial charge >= 0.3 is 0 Å². The third-order valence-electron chi connectivity index (χ3n) is 3.23. The molecule has 2 rings (SSSR count). The van der Waals surface area contributed by atoms with Gasteiger partial charge in [-0.1, -0.05) is 6.92 Å². The van der Waals surface area contributed by atoms with Crippen LogP contribution in [0.5, 0.6) is 0 Å². The van der Waals surface area contributed by atoms with Crippen LogP contribution < -0.4 is 10.6 Å². The highest BCUT2D eigenvalue weighted by atomic mass is 32.1. The molecule has 0 aromatic carbocycles. The SMILES string of the molecule is CCCNC1COCC1CNCc1cnc(C)s1. The van der Waals surface area contributed by atoms with Crippen LogP contribution in [-0.4, -0.2) is 37.3 Å². The van der Waals surface area contributed by atoms with Gasteiger partial charge in [-0.2, -0.15) is 0 Å². The van der Waals surface area contributed by atoms with E-state index in [0.717, 1.165) is 37.9 Å². The number of hydrogen-bond donors (Lipinski definition) is 2. The predicted octanol–water partition coefficient (Wildman–Crippen LogP) is 1.56. The fourth-order valence-electron chi connectivity index (χ4n) is 2.22. The molecule has 2 atom stereocenters. The van der Waals surface area contributed by atoms with Crippen molar-refractivity contribution in [2.75, 3.05) is 26.3 Å². The molecule has 18 heavy (non-hydrogen) atoms. The highest BCUT2D eigenvalue weighted by Gasteiger charge is 2.26. The number of aryl methyl sites for hydroxylation is 1. The molecule has 1 aliphatic heterocycles. The van der Waals surface area contributed by atoms with Gasteiger partial charge in [0.25, 0.3) is 0 Å². The van der Waals surface area contributed by atoms with Crippen molar-refractivity contribution in [2.45, 2.75) is 32.9 Å². The van der Waals surface area contributed by atoms with Gasteiger partial charge in [0.05, 0.1) is 18.2 Å². The Hall–Kier alpha value is -0.490. The van der Waals surface area contributed by atoms with Crippen LogP contribution in [0.15, 0.2) is 6.20 Å². The van der Waals surface area contributed by atoms with Crippen LogP contribution in [-0.2, 0) is 11.3 Å². The Labute approximate surface area is 113 Å². The molecule has 2 N–H and O–H groups in total. The molecular formula is C13H23N3OS. The van der Waals surface area contributed by atoms with Crippen LogP contribution in [0.25, 0.3) is 0 Å². The molecule has 2 unspecified atom stereocenters. The molecule has 2 heterocycles. The first kappa shape index (κ1) is 13.9. The van der Waals surface area contributed by atoms with E-state index >= 15 is 0 Å². The van der Waals surface area contributed by atoms with E-state index in [4.69, 9.17) is 4.74 Å². The molecule has 0 amide bonds. The van der Waals surface area contributed by atoms with Gasteiger partial charge in [-0.3, -0.25) is 0 Å². The monoisotopic (exact) mass is 269 g/mol. The third-order valence-corrected chi connectivity index (χ3v) is 4.14. The molecule has 1 saturated heterocycles. The van der Waals surface area contributed by atoms with Crippen molar-refractivity contribution < 1.29 is 4.74 Å². The first-order valence-electron chi connectivity index (χ1n) is 6.72. The van der Waals surface area contributed by atoms with E-state index in [2.05, 4.69) is 22.5 Å². The van der Waals surface area contributed by atoms with Crippen LogP contribution in [0, 0.1) is 12.8 Å². The number of rotatable bonds is 7. The summed E-state index contributed by atoms with van der Waals surface area (Å²) in [6.45, 7) is 8.98. The fourth-order valence-corrected chi connectivity index (χ4v) is 2.99. The lowest BCUT2D eigenvalue weighted by atomic mass is 10.0. The summed E-state index contributed by atoms with van der Waals surface area (Å²) in [5.41, 5.74) is 0. The standard InChI is InChI=1S/C13H23N3OS/c1-3-4-15-13-9-17-8-11(13)5-14-6-12-7-16-10(2)18-12/h7,11,13-15H,3-6,8-9H2,1-2H3. The van der Waals surface area contributed by atoms with Crippen molar-refractivity contribution in [1.82, 2.24) is 15.6 Å². The highest BCUT2D eigenvalue weighted by molar-refractivity contribution is 7.11. The van der Waals surface area contributed by atoms with E-state index in [9.17, 15) is 0 Å². The van der Waals surface area contributed by atoms with E-state index in [1.54, 1.807) is 11.3 Å². The second-order valence-electron chi connectivity index (χ2n) is 4.83. The molecule has 1 aliphatic rings. The van der Waals surface area contributed by atoms with Crippen molar-refractivity contribution in [3.8, 4) is 0 Å². The summed E-state index contributed by atoms with van der Waals surface area (Å²) in [7, 11) is 0. The summed E-state index contributed by atoms with van der Waals surface area (Å²) in [5.74, 6) is 0.588. The zero-order valence-electron chi connectivity index (χ0n) is 11.2. The highest BCUT2D eigenvalue weighted by Crippen LogP contribution is 2.14. The topological polar surface area (TPSA) is 46.2 Å². The summed E-state index contributed by atoms with van der Waals surface area (Å²) >= 11 is 1.76. The Kier molecular flexibility index (Phi) is 5.56. The molecule has 1 aromatic heterocycles. The smallest absolute Gasteiger partial charge is 0.0897 e. The van der Waals surface area contributed by atoms with Gasteiger partial charge in [0, 0.05) is 36.1 Å². The van der Waals surface area contributed by atoms with Crippen molar-refractivity contribution in [2.24, 2.45) is 5.92 Å². The summed E-state index contributed by atoms with van der Waals surface area (Å²) in [6, 6.07) is 0.514. The van der Waals surface area contributed by atoms with Crippen molar-refractivity contribution in [1.29, 1.82) is 0 Å². The Morgan fingerprint density at radius 2 is 2.39 bits per heavy atom. The summed E-state index contributed by atoms with van der Waals surface area (Å²) < 4.78 is 5.56. The second kappa shape index (κ2) is 7.19. The summed E-state index contributed by atoms with van der Waals surface area (Å²) in [5, 5.41) is 8.21. The van der Waals surface area contributed by atoms with Crippen LogP contribution in [0.1, 0.15) is 23.2 Å². The normalized spacial score (nSPS) is 23.7. The average molecular weight is 269 g/mol. The Morgan fingerprint density at radius 1 is 1.50 bits per heavy atom. The lowest BCUT2D eigenvalue weighted by Crippen LogP contribution is -2.40. The van der Waals surface area contributed by atoms with Gasteiger partial charge in [-0.05, 0) is 19.9 Å².